The van der Waals surface area contributed by atoms with Crippen molar-refractivity contribution < 1.29 is 0 Å². The molecule has 0 unspecified atom stereocenters. The number of allylic oxidation sites excluding steroid dienone is 2. The van der Waals surface area contributed by atoms with E-state index >= 15 is 0 Å². The van der Waals surface area contributed by atoms with Crippen LogP contribution in [0.25, 0.3) is 0 Å². The summed E-state index contributed by atoms with van der Waals surface area (Å²) in [6.07, 6.45) is 6.89. The lowest BCUT2D eigenvalue weighted by Crippen LogP contribution is -1.86. The van der Waals surface area contributed by atoms with E-state index in [0.717, 1.165) is 5.92 Å². The Hall–Kier alpha value is -0.260. The molecule has 0 saturated carbocycles. The Morgan fingerprint density at radius 1 is 1.50 bits per heavy atom. The van der Waals surface area contributed by atoms with Crippen molar-refractivity contribution >= 4 is 0 Å². The number of hydrogen-bond acceptors (Lipinski definition) is 0. The molecule has 0 amide bonds. The highest BCUT2D eigenvalue weighted by atomic mass is 14.0. The van der Waals surface area contributed by atoms with Gasteiger partial charge >= 0.3 is 0 Å². The minimum Gasteiger partial charge on any atom is -0.0917 e. The highest BCUT2D eigenvalue weighted by molar-refractivity contribution is 4.78. The van der Waals surface area contributed by atoms with Crippen molar-refractivity contribution in [1.82, 2.24) is 0 Å². The quantitative estimate of drug-likeness (QED) is 0.492. The topological polar surface area (TPSA) is 0 Å². The van der Waals surface area contributed by atoms with Crippen LogP contribution in [0.2, 0.25) is 0 Å². The molecule has 0 bridgehead atoms. The van der Waals surface area contributed by atoms with Crippen LogP contribution in [-0.4, -0.2) is 0 Å². The highest BCUT2D eigenvalue weighted by Gasteiger charge is 1.91. The first-order valence-electron chi connectivity index (χ1n) is 3.42. The summed E-state index contributed by atoms with van der Waals surface area (Å²) in [5.74, 6) is 0.867. The minimum absolute atomic E-state index is 0.867. The Morgan fingerprint density at radius 2 is 2.12 bits per heavy atom. The van der Waals surface area contributed by atoms with Crippen molar-refractivity contribution in [1.29, 1.82) is 0 Å². The van der Waals surface area contributed by atoms with E-state index in [1.54, 1.807) is 0 Å². The van der Waals surface area contributed by atoms with Gasteiger partial charge in [0.2, 0.25) is 0 Å². The summed E-state index contributed by atoms with van der Waals surface area (Å²) in [5, 5.41) is 0. The fourth-order valence-corrected chi connectivity index (χ4v) is 0.535. The van der Waals surface area contributed by atoms with Crippen LogP contribution in [0.1, 0.15) is 33.6 Å². The smallest absolute Gasteiger partial charge is 0.0325 e. The van der Waals surface area contributed by atoms with Gasteiger partial charge in [-0.2, -0.15) is 0 Å². The summed E-state index contributed by atoms with van der Waals surface area (Å²) in [5.41, 5.74) is 0. The molecule has 0 saturated heterocycles. The summed E-state index contributed by atoms with van der Waals surface area (Å²) in [4.78, 5) is 0. The van der Waals surface area contributed by atoms with Crippen molar-refractivity contribution in [3.05, 3.63) is 12.2 Å². The molecule has 0 aliphatic carbocycles. The molecule has 0 heteroatoms. The second-order valence-corrected chi connectivity index (χ2v) is 2.32. The van der Waals surface area contributed by atoms with E-state index in [4.69, 9.17) is 0 Å². The summed E-state index contributed by atoms with van der Waals surface area (Å²) >= 11 is 0. The third kappa shape index (κ3) is 3.91. The largest absolute Gasteiger partial charge is 0.0917 e. The number of rotatable bonds is 3. The van der Waals surface area contributed by atoms with Crippen molar-refractivity contribution in [2.45, 2.75) is 33.6 Å². The van der Waals surface area contributed by atoms with Crippen LogP contribution in [0, 0.1) is 5.92 Å². The first kappa shape index (κ1) is 7.74. The van der Waals surface area contributed by atoms with Crippen LogP contribution in [-0.2, 0) is 0 Å². The van der Waals surface area contributed by atoms with E-state index in [-0.39, 0.29) is 0 Å². The predicted molar refractivity (Wildman–Crippen MR) is 38.9 cm³/mol. The van der Waals surface area contributed by atoms with Crippen LogP contribution in [0.4, 0.5) is 0 Å². The lowest BCUT2D eigenvalue weighted by Gasteiger charge is -2.00. The van der Waals surface area contributed by atoms with Crippen molar-refractivity contribution in [2.75, 3.05) is 0 Å². The molecule has 0 fully saturated rings. The van der Waals surface area contributed by atoms with Crippen LogP contribution in [0.15, 0.2) is 12.2 Å². The second kappa shape index (κ2) is 4.89. The van der Waals surface area contributed by atoms with E-state index in [1.165, 1.54) is 12.8 Å². The van der Waals surface area contributed by atoms with E-state index in [0.29, 0.717) is 0 Å². The molecule has 0 spiro atoms. The lowest BCUT2D eigenvalue weighted by atomic mass is 10.1. The summed E-state index contributed by atoms with van der Waals surface area (Å²) in [7, 11) is 0. The van der Waals surface area contributed by atoms with Gasteiger partial charge in [-0.1, -0.05) is 32.4 Å². The van der Waals surface area contributed by atoms with E-state index in [1.807, 2.05) is 0 Å². The molecule has 8 heavy (non-hydrogen) atoms. The molecule has 0 N–H and O–H groups in total. The third-order valence-electron chi connectivity index (χ3n) is 1.47. The van der Waals surface area contributed by atoms with Crippen LogP contribution in [0.3, 0.4) is 0 Å². The van der Waals surface area contributed by atoms with Gasteiger partial charge in [-0.3, -0.25) is 0 Å². The zero-order valence-corrected chi connectivity index (χ0v) is 6.15. The second-order valence-electron chi connectivity index (χ2n) is 2.32. The lowest BCUT2D eigenvalue weighted by molar-refractivity contribution is 0.572. The molecule has 0 radical (unpaired) electrons. The van der Waals surface area contributed by atoms with Gasteiger partial charge in [0.05, 0.1) is 0 Å². The Labute approximate surface area is 52.6 Å². The molecule has 0 rings (SSSR count). The van der Waals surface area contributed by atoms with Crippen molar-refractivity contribution in [2.24, 2.45) is 5.92 Å². The maximum absolute atomic E-state index is 2.28. The summed E-state index contributed by atoms with van der Waals surface area (Å²) in [6.45, 7) is 6.58. The molecule has 0 aromatic rings. The molecule has 48 valence electrons. The Bertz CT molecular complexity index is 62.4. The molecule has 0 nitrogen and oxygen atoms in total. The molecule has 0 aromatic heterocycles. The fraction of sp³-hybridized carbons (Fsp3) is 0.750. The van der Waals surface area contributed by atoms with Gasteiger partial charge in [-0.05, 0) is 19.3 Å². The van der Waals surface area contributed by atoms with Crippen molar-refractivity contribution in [3.63, 3.8) is 0 Å². The molecule has 0 heterocycles. The maximum Gasteiger partial charge on any atom is -0.0325 e. The van der Waals surface area contributed by atoms with Gasteiger partial charge in [0.15, 0.2) is 0 Å². The molecule has 0 aliphatic heterocycles. The fourth-order valence-electron chi connectivity index (χ4n) is 0.535. The molecule has 1 atom stereocenters. The van der Waals surface area contributed by atoms with Gasteiger partial charge < -0.3 is 0 Å². The first-order valence-corrected chi connectivity index (χ1v) is 3.42. The molecule has 0 aliphatic rings. The van der Waals surface area contributed by atoms with Crippen LogP contribution < -0.4 is 0 Å². The molecular weight excluding hydrogens is 96.1 g/mol. The van der Waals surface area contributed by atoms with E-state index < -0.39 is 0 Å². The maximum atomic E-state index is 2.28. The number of hydrogen-bond donors (Lipinski definition) is 0. The standard InChI is InChI=1S/C8H16/c1-4-6-7-8(3)5-2/h4,6,8H,5,7H2,1-3H3/b6-4+/t8-/m0/s1. The van der Waals surface area contributed by atoms with Crippen molar-refractivity contribution in [3.8, 4) is 0 Å². The first-order chi connectivity index (χ1) is 3.81. The van der Waals surface area contributed by atoms with Crippen LogP contribution >= 0.6 is 0 Å². The highest BCUT2D eigenvalue weighted by Crippen LogP contribution is 2.05. The van der Waals surface area contributed by atoms with Gasteiger partial charge in [0, 0.05) is 0 Å². The zero-order chi connectivity index (χ0) is 6.41. The SMILES string of the molecule is C/C=C/C[C@@H](C)CC. The Morgan fingerprint density at radius 3 is 2.50 bits per heavy atom. The third-order valence-corrected chi connectivity index (χ3v) is 1.47. The minimum atomic E-state index is 0.867. The van der Waals surface area contributed by atoms with E-state index in [9.17, 15) is 0 Å². The van der Waals surface area contributed by atoms with Gasteiger partial charge in [-0.15, -0.1) is 0 Å². The van der Waals surface area contributed by atoms with Gasteiger partial charge in [0.1, 0.15) is 0 Å². The molecular formula is C8H16. The Kier molecular flexibility index (Phi) is 4.73. The Balaban J connectivity index is 3.10. The summed E-state index contributed by atoms with van der Waals surface area (Å²) in [6, 6.07) is 0. The van der Waals surface area contributed by atoms with Gasteiger partial charge in [-0.25, -0.2) is 0 Å². The van der Waals surface area contributed by atoms with E-state index in [2.05, 4.69) is 32.9 Å². The average molecular weight is 112 g/mol. The summed E-state index contributed by atoms with van der Waals surface area (Å²) < 4.78 is 0. The monoisotopic (exact) mass is 112 g/mol. The predicted octanol–water partition coefficient (Wildman–Crippen LogP) is 3.00. The normalized spacial score (nSPS) is 14.9. The van der Waals surface area contributed by atoms with Crippen LogP contribution in [0.5, 0.6) is 0 Å². The van der Waals surface area contributed by atoms with Gasteiger partial charge in [0.25, 0.3) is 0 Å². The average Bonchev–Trinajstić information content (AvgIpc) is 1.83. The molecule has 0 aromatic carbocycles. The zero-order valence-electron chi connectivity index (χ0n) is 6.15.